The number of likely N-dealkylation sites (tertiary alicyclic amines) is 1. The van der Waals surface area contributed by atoms with Gasteiger partial charge in [0.1, 0.15) is 17.6 Å². The highest BCUT2D eigenvalue weighted by Crippen LogP contribution is 2.57. The van der Waals surface area contributed by atoms with Crippen molar-refractivity contribution < 1.29 is 29.0 Å². The zero-order chi connectivity index (χ0) is 25.0. The van der Waals surface area contributed by atoms with Crippen molar-refractivity contribution in [2.45, 2.75) is 50.9 Å². The molecule has 1 N–H and O–H groups in total. The first-order chi connectivity index (χ1) is 16.7. The van der Waals surface area contributed by atoms with Gasteiger partial charge in [-0.3, -0.25) is 14.4 Å². The third kappa shape index (κ3) is 3.45. The Kier molecular flexibility index (Phi) is 5.84. The lowest BCUT2D eigenvalue weighted by atomic mass is 9.74. The number of anilines is 1. The summed E-state index contributed by atoms with van der Waals surface area (Å²) in [5.74, 6) is -2.99. The number of carbonyl (C=O) groups excluding carboxylic acids is 3. The zero-order valence-corrected chi connectivity index (χ0v) is 20.4. The summed E-state index contributed by atoms with van der Waals surface area (Å²) in [6.45, 7) is 5.93. The number of cyclic esters (lactones) is 1. The van der Waals surface area contributed by atoms with E-state index in [-0.39, 0.29) is 31.6 Å². The van der Waals surface area contributed by atoms with Gasteiger partial charge in [0.2, 0.25) is 5.91 Å². The van der Waals surface area contributed by atoms with E-state index < -0.39 is 35.0 Å². The summed E-state index contributed by atoms with van der Waals surface area (Å²) in [5, 5.41) is 9.80. The minimum absolute atomic E-state index is 0.0282. The molecule has 1 spiro atoms. The van der Waals surface area contributed by atoms with Crippen molar-refractivity contribution >= 4 is 23.5 Å². The molecule has 8 heteroatoms. The van der Waals surface area contributed by atoms with Gasteiger partial charge in [-0.25, -0.2) is 0 Å². The molecule has 0 radical (unpaired) electrons. The van der Waals surface area contributed by atoms with E-state index >= 15 is 0 Å². The molecule has 2 saturated heterocycles. The molecular formula is C27H32N2O6. The Morgan fingerprint density at radius 3 is 2.51 bits per heavy atom. The van der Waals surface area contributed by atoms with Crippen molar-refractivity contribution in [1.82, 2.24) is 4.90 Å². The number of ether oxygens (including phenoxy) is 2. The second kappa shape index (κ2) is 8.60. The van der Waals surface area contributed by atoms with Crippen LogP contribution in [0.4, 0.5) is 5.69 Å². The number of β-amino-alcohol motifs (C(OH)–C–C–N with tert-alkyl or cyclic N) is 1. The Labute approximate surface area is 205 Å². The van der Waals surface area contributed by atoms with Gasteiger partial charge in [-0.05, 0) is 44.7 Å². The first-order valence-corrected chi connectivity index (χ1v) is 12.3. The lowest BCUT2D eigenvalue weighted by Crippen LogP contribution is -2.56. The van der Waals surface area contributed by atoms with Crippen molar-refractivity contribution in [3.63, 3.8) is 0 Å². The predicted octanol–water partition coefficient (Wildman–Crippen LogP) is 2.06. The molecule has 1 unspecified atom stereocenters. The molecule has 35 heavy (non-hydrogen) atoms. The van der Waals surface area contributed by atoms with E-state index in [1.165, 1.54) is 4.90 Å². The van der Waals surface area contributed by atoms with Crippen molar-refractivity contribution in [2.75, 3.05) is 31.2 Å². The fourth-order valence-electron chi connectivity index (χ4n) is 6.41. The summed E-state index contributed by atoms with van der Waals surface area (Å²) in [6, 6.07) is 4.83. The number of hydrogen-bond acceptors (Lipinski definition) is 6. The smallest absolute Gasteiger partial charge is 0.313 e. The van der Waals surface area contributed by atoms with E-state index in [2.05, 4.69) is 0 Å². The second-order valence-corrected chi connectivity index (χ2v) is 10.1. The van der Waals surface area contributed by atoms with Crippen LogP contribution in [0.15, 0.2) is 42.5 Å². The minimum Gasteiger partial charge on any atom is -0.465 e. The Bertz CT molecular complexity index is 1110. The Morgan fingerprint density at radius 1 is 1.06 bits per heavy atom. The van der Waals surface area contributed by atoms with Crippen LogP contribution < -0.4 is 4.90 Å². The Balaban J connectivity index is 1.67. The maximum atomic E-state index is 14.3. The number of aliphatic hydroxyl groups excluding tert-OH is 1. The van der Waals surface area contributed by atoms with Crippen LogP contribution in [0.5, 0.6) is 0 Å². The number of rotatable bonds is 3. The molecule has 2 amide bonds. The molecule has 1 aromatic rings. The van der Waals surface area contributed by atoms with Gasteiger partial charge in [0.05, 0.1) is 24.7 Å². The molecule has 0 saturated carbocycles. The summed E-state index contributed by atoms with van der Waals surface area (Å²) in [7, 11) is 0. The number of allylic oxidation sites excluding steroid dienone is 1. The number of aryl methyl sites for hydroxylation is 2. The average Bonchev–Trinajstić information content (AvgIpc) is 3.15. The number of nitrogens with zero attached hydrogens (tertiary/aromatic N) is 2. The van der Waals surface area contributed by atoms with Gasteiger partial charge >= 0.3 is 5.97 Å². The molecule has 1 aromatic carbocycles. The fraction of sp³-hybridized carbons (Fsp3) is 0.519. The van der Waals surface area contributed by atoms with Crippen LogP contribution in [-0.2, 0) is 23.9 Å². The normalized spacial score (nSPS) is 35.4. The van der Waals surface area contributed by atoms with Crippen LogP contribution in [0.25, 0.3) is 0 Å². The molecule has 0 aromatic heterocycles. The van der Waals surface area contributed by atoms with Gasteiger partial charge in [0, 0.05) is 18.8 Å². The summed E-state index contributed by atoms with van der Waals surface area (Å²) in [4.78, 5) is 44.6. The molecule has 5 atom stereocenters. The Morgan fingerprint density at radius 2 is 1.80 bits per heavy atom. The van der Waals surface area contributed by atoms with Crippen LogP contribution >= 0.6 is 0 Å². The number of esters is 1. The second-order valence-electron chi connectivity index (χ2n) is 10.1. The summed E-state index contributed by atoms with van der Waals surface area (Å²) >= 11 is 0. The first-order valence-electron chi connectivity index (χ1n) is 12.3. The summed E-state index contributed by atoms with van der Waals surface area (Å²) in [6.07, 6.45) is 8.88. The number of carbonyl (C=O) groups is 3. The monoisotopic (exact) mass is 480 g/mol. The van der Waals surface area contributed by atoms with Crippen LogP contribution in [0.1, 0.15) is 30.9 Å². The molecular weight excluding hydrogens is 448 g/mol. The molecule has 186 valence electrons. The van der Waals surface area contributed by atoms with Gasteiger partial charge < -0.3 is 24.4 Å². The number of fused-ring (bicyclic) bond motifs is 2. The van der Waals surface area contributed by atoms with Crippen molar-refractivity contribution in [3.8, 4) is 0 Å². The largest absolute Gasteiger partial charge is 0.465 e. The van der Waals surface area contributed by atoms with E-state index in [0.29, 0.717) is 13.0 Å². The van der Waals surface area contributed by atoms with E-state index in [4.69, 9.17) is 9.47 Å². The van der Waals surface area contributed by atoms with Crippen LogP contribution in [0, 0.1) is 25.7 Å². The lowest BCUT2D eigenvalue weighted by Gasteiger charge is -2.37. The molecule has 4 aliphatic heterocycles. The standard InChI is InChI=1S/C27H32N2O6/c1-17-9-7-10-18(2)21(17)28-13-8-12-27-19(23(31)29(14-15-30)22(27)24(28)32)20-25(33)34-16-6-4-5-11-26(20,3)35-27/h5,7-12,19-20,22,30H,4,6,13-16H2,1-3H3/b11-5-/t19-,20+,22?,26-,27-/m0/s1. The SMILES string of the molecule is Cc1cccc(C)c1N1CC=C[C@]23O[C@@]4(C)/C=C\CCCOC(=O)[C@H]4[C@H]2C(=O)N(CCO)C3C1=O. The number of amides is 2. The fourth-order valence-corrected chi connectivity index (χ4v) is 6.41. The quantitative estimate of drug-likeness (QED) is 0.526. The van der Waals surface area contributed by atoms with Crippen molar-refractivity contribution in [2.24, 2.45) is 11.8 Å². The van der Waals surface area contributed by atoms with E-state index in [1.807, 2.05) is 50.3 Å². The maximum Gasteiger partial charge on any atom is 0.313 e. The molecule has 0 bridgehead atoms. The Hall–Kier alpha value is -2.97. The highest BCUT2D eigenvalue weighted by Gasteiger charge is 2.74. The first kappa shape index (κ1) is 23.8. The predicted molar refractivity (Wildman–Crippen MR) is 129 cm³/mol. The van der Waals surface area contributed by atoms with Crippen molar-refractivity contribution in [3.05, 3.63) is 53.6 Å². The zero-order valence-electron chi connectivity index (χ0n) is 20.4. The van der Waals surface area contributed by atoms with Gasteiger partial charge in [0.15, 0.2) is 0 Å². The van der Waals surface area contributed by atoms with E-state index in [1.54, 1.807) is 17.9 Å². The van der Waals surface area contributed by atoms with Crippen LogP contribution in [0.3, 0.4) is 0 Å². The third-order valence-electron chi connectivity index (χ3n) is 7.80. The number of hydrogen-bond donors (Lipinski definition) is 1. The number of para-hydroxylation sites is 1. The molecule has 5 rings (SSSR count). The number of aliphatic hydroxyl groups is 1. The molecule has 8 nitrogen and oxygen atoms in total. The molecule has 0 aliphatic carbocycles. The highest BCUT2D eigenvalue weighted by atomic mass is 16.6. The summed E-state index contributed by atoms with van der Waals surface area (Å²) < 4.78 is 12.3. The number of benzene rings is 1. The van der Waals surface area contributed by atoms with Gasteiger partial charge in [0.25, 0.3) is 5.91 Å². The minimum atomic E-state index is -1.35. The van der Waals surface area contributed by atoms with Crippen LogP contribution in [-0.4, -0.2) is 71.3 Å². The topological polar surface area (TPSA) is 96.4 Å². The van der Waals surface area contributed by atoms with E-state index in [0.717, 1.165) is 23.2 Å². The molecule has 4 aliphatic rings. The van der Waals surface area contributed by atoms with Gasteiger partial charge in [-0.2, -0.15) is 0 Å². The van der Waals surface area contributed by atoms with Crippen molar-refractivity contribution in [1.29, 1.82) is 0 Å². The molecule has 4 heterocycles. The average molecular weight is 481 g/mol. The maximum absolute atomic E-state index is 14.3. The van der Waals surface area contributed by atoms with Crippen LogP contribution in [0.2, 0.25) is 0 Å². The highest BCUT2D eigenvalue weighted by molar-refractivity contribution is 6.06. The molecule has 2 fully saturated rings. The van der Waals surface area contributed by atoms with Gasteiger partial charge in [-0.1, -0.05) is 42.5 Å². The lowest BCUT2D eigenvalue weighted by molar-refractivity contribution is -0.158. The summed E-state index contributed by atoms with van der Waals surface area (Å²) in [5.41, 5.74) is 0.229. The van der Waals surface area contributed by atoms with Gasteiger partial charge in [-0.15, -0.1) is 0 Å². The third-order valence-corrected chi connectivity index (χ3v) is 7.80. The van der Waals surface area contributed by atoms with E-state index in [9.17, 15) is 19.5 Å².